The van der Waals surface area contributed by atoms with Crippen molar-refractivity contribution in [1.29, 1.82) is 0 Å². The van der Waals surface area contributed by atoms with Gasteiger partial charge in [0, 0.05) is 17.9 Å². The van der Waals surface area contributed by atoms with Crippen LogP contribution < -0.4 is 16.4 Å². The van der Waals surface area contributed by atoms with Gasteiger partial charge in [-0.25, -0.2) is 14.4 Å². The van der Waals surface area contributed by atoms with Crippen LogP contribution in [0.5, 0.6) is 0 Å². The first kappa shape index (κ1) is 22.6. The van der Waals surface area contributed by atoms with Crippen LogP contribution in [0.3, 0.4) is 0 Å². The molecule has 2 unspecified atom stereocenters. The van der Waals surface area contributed by atoms with Crippen LogP contribution in [0, 0.1) is 11.8 Å². The number of urea groups is 1. The van der Waals surface area contributed by atoms with E-state index in [0.717, 1.165) is 0 Å². The molecule has 0 radical (unpaired) electrons. The lowest BCUT2D eigenvalue weighted by molar-refractivity contribution is -0.142. The fraction of sp³-hybridized carbons (Fsp3) is 0.733. The molecule has 7 N–H and O–H groups in total. The van der Waals surface area contributed by atoms with E-state index in [1.54, 1.807) is 27.7 Å². The van der Waals surface area contributed by atoms with Gasteiger partial charge in [-0.15, -0.1) is 0 Å². The second kappa shape index (κ2) is 9.21. The number of hydrogen-bond acceptors (Lipinski definition) is 5. The second-order valence-corrected chi connectivity index (χ2v) is 6.85. The molecule has 0 rings (SSSR count). The average Bonchev–Trinajstić information content (AvgIpc) is 2.39. The van der Waals surface area contributed by atoms with E-state index in [-0.39, 0.29) is 12.3 Å². The number of carboxylic acids is 3. The lowest BCUT2D eigenvalue weighted by Crippen LogP contribution is -2.60. The van der Waals surface area contributed by atoms with Gasteiger partial charge < -0.3 is 31.7 Å². The highest BCUT2D eigenvalue weighted by Gasteiger charge is 2.40. The molecule has 0 aromatic rings. The zero-order valence-electron chi connectivity index (χ0n) is 14.8. The molecule has 0 saturated heterocycles. The van der Waals surface area contributed by atoms with Crippen molar-refractivity contribution < 1.29 is 34.5 Å². The molecule has 0 fully saturated rings. The van der Waals surface area contributed by atoms with Crippen LogP contribution >= 0.6 is 0 Å². The zero-order valence-corrected chi connectivity index (χ0v) is 14.8. The summed E-state index contributed by atoms with van der Waals surface area (Å²) in [5.41, 5.74) is 5.11. The molecule has 0 heterocycles. The third-order valence-corrected chi connectivity index (χ3v) is 3.74. The number of carboxylic acid groups (broad SMARTS) is 3. The highest BCUT2D eigenvalue weighted by molar-refractivity contribution is 5.86. The Kier molecular flexibility index (Phi) is 8.34. The van der Waals surface area contributed by atoms with Gasteiger partial charge in [-0.05, 0) is 26.2 Å². The third kappa shape index (κ3) is 7.84. The fourth-order valence-electron chi connectivity index (χ4n) is 2.85. The van der Waals surface area contributed by atoms with Gasteiger partial charge in [0.2, 0.25) is 0 Å². The topological polar surface area (TPSA) is 179 Å². The normalized spacial score (nSPS) is 15.1. The van der Waals surface area contributed by atoms with E-state index in [4.69, 9.17) is 15.9 Å². The van der Waals surface area contributed by atoms with Gasteiger partial charge >= 0.3 is 23.9 Å². The molecule has 2 amide bonds. The maximum Gasteiger partial charge on any atom is 0.326 e. The molecule has 0 aliphatic carbocycles. The Balaban J connectivity index is 5.19. The van der Waals surface area contributed by atoms with E-state index in [1.807, 2.05) is 0 Å². The second-order valence-electron chi connectivity index (χ2n) is 6.85. The summed E-state index contributed by atoms with van der Waals surface area (Å²) < 4.78 is 0. The number of rotatable bonds is 10. The zero-order chi connectivity index (χ0) is 19.9. The largest absolute Gasteiger partial charge is 0.481 e. The van der Waals surface area contributed by atoms with Crippen molar-refractivity contribution in [2.24, 2.45) is 17.6 Å². The molecule has 10 heteroatoms. The van der Waals surface area contributed by atoms with E-state index < -0.39 is 53.9 Å². The summed E-state index contributed by atoms with van der Waals surface area (Å²) in [6, 6.07) is -3.80. The molecule has 0 bridgehead atoms. The van der Waals surface area contributed by atoms with Gasteiger partial charge in [0.1, 0.15) is 12.1 Å². The molecule has 10 nitrogen and oxygen atoms in total. The summed E-state index contributed by atoms with van der Waals surface area (Å²) in [5, 5.41) is 31.4. The Morgan fingerprint density at radius 3 is 1.84 bits per heavy atom. The van der Waals surface area contributed by atoms with Crippen LogP contribution in [0.25, 0.3) is 0 Å². The molecule has 0 spiro atoms. The van der Waals surface area contributed by atoms with Crippen LogP contribution in [0.4, 0.5) is 4.79 Å². The molecular weight excluding hydrogens is 334 g/mol. The minimum atomic E-state index is -1.45. The number of nitrogens with two attached hydrogens (primary N) is 1. The SMILES string of the molecule is CC(C)C([C@H](NC(=O)NC(CCC(=O)O)C(=O)O)C(=O)O)C(C)(C)N. The van der Waals surface area contributed by atoms with E-state index >= 15 is 0 Å². The summed E-state index contributed by atoms with van der Waals surface area (Å²) in [6.45, 7) is 6.81. The summed E-state index contributed by atoms with van der Waals surface area (Å²) in [5.74, 6) is -4.73. The Hall–Kier alpha value is -2.36. The first-order chi connectivity index (χ1) is 11.3. The van der Waals surface area contributed by atoms with Crippen LogP contribution in [-0.4, -0.2) is 56.9 Å². The van der Waals surface area contributed by atoms with Crippen molar-refractivity contribution in [2.75, 3.05) is 0 Å². The van der Waals surface area contributed by atoms with Crippen LogP contribution in [-0.2, 0) is 14.4 Å². The molecule has 25 heavy (non-hydrogen) atoms. The number of carbonyl (C=O) groups excluding carboxylic acids is 1. The lowest BCUT2D eigenvalue weighted by Gasteiger charge is -2.38. The van der Waals surface area contributed by atoms with Crippen LogP contribution in [0.2, 0.25) is 0 Å². The monoisotopic (exact) mass is 361 g/mol. The van der Waals surface area contributed by atoms with Gasteiger partial charge in [0.05, 0.1) is 0 Å². The van der Waals surface area contributed by atoms with Gasteiger partial charge in [-0.3, -0.25) is 4.79 Å². The van der Waals surface area contributed by atoms with E-state index in [9.17, 15) is 24.3 Å². The summed E-state index contributed by atoms with van der Waals surface area (Å²) in [4.78, 5) is 45.2. The minimum Gasteiger partial charge on any atom is -0.481 e. The highest BCUT2D eigenvalue weighted by atomic mass is 16.4. The highest BCUT2D eigenvalue weighted by Crippen LogP contribution is 2.26. The molecule has 0 aliphatic rings. The van der Waals surface area contributed by atoms with Crippen molar-refractivity contribution in [2.45, 2.75) is 58.2 Å². The Morgan fingerprint density at radius 2 is 1.52 bits per heavy atom. The van der Waals surface area contributed by atoms with Gasteiger partial charge in [0.15, 0.2) is 0 Å². The maximum atomic E-state index is 12.0. The average molecular weight is 361 g/mol. The van der Waals surface area contributed by atoms with Crippen molar-refractivity contribution in [3.05, 3.63) is 0 Å². The molecule has 144 valence electrons. The standard InChI is InChI=1S/C15H27N3O7/c1-7(2)10(15(3,4)16)11(13(23)24)18-14(25)17-8(12(21)22)5-6-9(19)20/h7-8,10-11H,5-6,16H2,1-4H3,(H,19,20)(H,21,22)(H,23,24)(H2,17,18,25)/t8?,10?,11-/m0/s1. The van der Waals surface area contributed by atoms with Gasteiger partial charge in [-0.2, -0.15) is 0 Å². The number of carbonyl (C=O) groups is 4. The predicted molar refractivity (Wildman–Crippen MR) is 88.0 cm³/mol. The number of nitrogens with one attached hydrogen (secondary N) is 2. The lowest BCUT2D eigenvalue weighted by atomic mass is 9.75. The van der Waals surface area contributed by atoms with E-state index in [1.165, 1.54) is 0 Å². The minimum absolute atomic E-state index is 0.177. The van der Waals surface area contributed by atoms with Gasteiger partial charge in [-0.1, -0.05) is 13.8 Å². The fourth-order valence-corrected chi connectivity index (χ4v) is 2.85. The molecule has 0 aromatic carbocycles. The van der Waals surface area contributed by atoms with Crippen LogP contribution in [0.15, 0.2) is 0 Å². The van der Waals surface area contributed by atoms with Crippen molar-refractivity contribution in [1.82, 2.24) is 10.6 Å². The number of hydrogen-bond donors (Lipinski definition) is 6. The molecule has 0 aromatic heterocycles. The third-order valence-electron chi connectivity index (χ3n) is 3.74. The predicted octanol–water partition coefficient (Wildman–Crippen LogP) is 0.0663. The Morgan fingerprint density at radius 1 is 1.00 bits per heavy atom. The molecular formula is C15H27N3O7. The summed E-state index contributed by atoms with van der Waals surface area (Å²) >= 11 is 0. The quantitative estimate of drug-likeness (QED) is 0.316. The Labute approximate surface area is 145 Å². The molecule has 0 saturated carbocycles. The Bertz CT molecular complexity index is 514. The molecule has 0 aliphatic heterocycles. The van der Waals surface area contributed by atoms with Crippen molar-refractivity contribution >= 4 is 23.9 Å². The smallest absolute Gasteiger partial charge is 0.326 e. The summed E-state index contributed by atoms with van der Waals surface area (Å²) in [7, 11) is 0. The van der Waals surface area contributed by atoms with Gasteiger partial charge in [0.25, 0.3) is 0 Å². The van der Waals surface area contributed by atoms with E-state index in [0.29, 0.717) is 0 Å². The molecule has 3 atom stereocenters. The number of aliphatic carboxylic acids is 3. The first-order valence-corrected chi connectivity index (χ1v) is 7.80. The van der Waals surface area contributed by atoms with Crippen LogP contribution in [0.1, 0.15) is 40.5 Å². The maximum absolute atomic E-state index is 12.0. The summed E-state index contributed by atoms with van der Waals surface area (Å²) in [6.07, 6.45) is -0.782. The first-order valence-electron chi connectivity index (χ1n) is 7.80. The van der Waals surface area contributed by atoms with Crippen molar-refractivity contribution in [3.8, 4) is 0 Å². The van der Waals surface area contributed by atoms with E-state index in [2.05, 4.69) is 10.6 Å². The van der Waals surface area contributed by atoms with Crippen molar-refractivity contribution in [3.63, 3.8) is 0 Å². The number of amides is 2.